The van der Waals surface area contributed by atoms with Crippen molar-refractivity contribution in [2.75, 3.05) is 0 Å². The first-order valence-corrected chi connectivity index (χ1v) is 7.27. The number of oxazole rings is 1. The zero-order chi connectivity index (χ0) is 19.1. The van der Waals surface area contributed by atoms with Crippen molar-refractivity contribution in [3.05, 3.63) is 70.0 Å². The zero-order valence-corrected chi connectivity index (χ0v) is 13.2. The lowest BCUT2D eigenvalue weighted by molar-refractivity contribution is -0.137. The highest BCUT2D eigenvalue weighted by atomic mass is 19.4. The van der Waals surface area contributed by atoms with Crippen LogP contribution in [0.2, 0.25) is 0 Å². The normalized spacial score (nSPS) is 11.5. The van der Waals surface area contributed by atoms with Gasteiger partial charge in [-0.1, -0.05) is 6.07 Å². The van der Waals surface area contributed by atoms with Crippen molar-refractivity contribution in [2.24, 2.45) is 0 Å². The number of carboxylic acid groups (broad SMARTS) is 1. The van der Waals surface area contributed by atoms with Crippen LogP contribution in [-0.2, 0) is 6.18 Å². The summed E-state index contributed by atoms with van der Waals surface area (Å²) in [6.45, 7) is 1.47. The van der Waals surface area contributed by atoms with Gasteiger partial charge in [0.2, 0.25) is 5.89 Å². The van der Waals surface area contributed by atoms with Crippen molar-refractivity contribution in [1.82, 2.24) is 9.55 Å². The molecule has 0 radical (unpaired) electrons. The van der Waals surface area contributed by atoms with Crippen LogP contribution in [-0.4, -0.2) is 20.6 Å². The standard InChI is InChI=1S/C17H11F3N2O4/c1-9-12(14-21-5-6-26-14)8-13(16(24)25)15(23)22(9)11-4-2-3-10(7-11)17(18,19)20/h2-8H,1H3,(H,24,25). The summed E-state index contributed by atoms with van der Waals surface area (Å²) >= 11 is 0. The molecule has 0 saturated carbocycles. The number of rotatable bonds is 3. The molecule has 1 N–H and O–H groups in total. The maximum absolute atomic E-state index is 13.0. The smallest absolute Gasteiger partial charge is 0.416 e. The summed E-state index contributed by atoms with van der Waals surface area (Å²) in [5.41, 5.74) is -2.25. The van der Waals surface area contributed by atoms with Crippen LogP contribution in [0, 0.1) is 6.92 Å². The first kappa shape index (κ1) is 17.5. The summed E-state index contributed by atoms with van der Waals surface area (Å²) in [5.74, 6) is -1.46. The first-order chi connectivity index (χ1) is 12.2. The molecule has 0 aliphatic heterocycles. The Balaban J connectivity index is 2.34. The minimum absolute atomic E-state index is 0.0470. The molecule has 0 aliphatic rings. The van der Waals surface area contributed by atoms with Gasteiger partial charge in [0.15, 0.2) is 0 Å². The second-order valence-corrected chi connectivity index (χ2v) is 5.39. The Hall–Kier alpha value is -3.36. The van der Waals surface area contributed by atoms with E-state index >= 15 is 0 Å². The minimum Gasteiger partial charge on any atom is -0.477 e. The largest absolute Gasteiger partial charge is 0.477 e. The van der Waals surface area contributed by atoms with E-state index in [1.807, 2.05) is 0 Å². The highest BCUT2D eigenvalue weighted by Gasteiger charge is 2.31. The van der Waals surface area contributed by atoms with Crippen LogP contribution in [0.5, 0.6) is 0 Å². The van der Waals surface area contributed by atoms with Crippen LogP contribution in [0.3, 0.4) is 0 Å². The van der Waals surface area contributed by atoms with E-state index in [1.54, 1.807) is 0 Å². The number of hydrogen-bond donors (Lipinski definition) is 1. The van der Waals surface area contributed by atoms with Crippen LogP contribution in [0.15, 0.2) is 52.0 Å². The number of aromatic nitrogens is 2. The summed E-state index contributed by atoms with van der Waals surface area (Å²) in [4.78, 5) is 27.9. The molecule has 3 rings (SSSR count). The number of nitrogens with zero attached hydrogens (tertiary/aromatic N) is 2. The SMILES string of the molecule is Cc1c(-c2ncco2)cc(C(=O)O)c(=O)n1-c1cccc(C(F)(F)F)c1. The average Bonchev–Trinajstić information content (AvgIpc) is 3.08. The Bertz CT molecular complexity index is 1040. The van der Waals surface area contributed by atoms with Gasteiger partial charge in [0, 0.05) is 11.4 Å². The number of alkyl halides is 3. The quantitative estimate of drug-likeness (QED) is 0.769. The van der Waals surface area contributed by atoms with Crippen molar-refractivity contribution >= 4 is 5.97 Å². The Morgan fingerprint density at radius 2 is 2.00 bits per heavy atom. The lowest BCUT2D eigenvalue weighted by Crippen LogP contribution is -2.27. The van der Waals surface area contributed by atoms with Gasteiger partial charge in [-0.05, 0) is 31.2 Å². The van der Waals surface area contributed by atoms with Gasteiger partial charge >= 0.3 is 12.1 Å². The second-order valence-electron chi connectivity index (χ2n) is 5.39. The van der Waals surface area contributed by atoms with Crippen molar-refractivity contribution in [3.8, 4) is 17.1 Å². The number of aromatic carboxylic acids is 1. The van der Waals surface area contributed by atoms with Crippen LogP contribution < -0.4 is 5.56 Å². The number of halogens is 3. The van der Waals surface area contributed by atoms with E-state index in [4.69, 9.17) is 4.42 Å². The van der Waals surface area contributed by atoms with Gasteiger partial charge < -0.3 is 9.52 Å². The predicted octanol–water partition coefficient (Wildman–Crippen LogP) is 3.52. The Labute approximate surface area is 144 Å². The average molecular weight is 364 g/mol. The Morgan fingerprint density at radius 3 is 2.58 bits per heavy atom. The minimum atomic E-state index is -4.61. The van der Waals surface area contributed by atoms with E-state index in [2.05, 4.69) is 4.98 Å². The zero-order valence-electron chi connectivity index (χ0n) is 13.2. The fourth-order valence-corrected chi connectivity index (χ4v) is 2.56. The first-order valence-electron chi connectivity index (χ1n) is 7.27. The van der Waals surface area contributed by atoms with Gasteiger partial charge in [0.25, 0.3) is 5.56 Å². The van der Waals surface area contributed by atoms with Gasteiger partial charge in [-0.15, -0.1) is 0 Å². The van der Waals surface area contributed by atoms with Crippen molar-refractivity contribution in [2.45, 2.75) is 13.1 Å². The molecular weight excluding hydrogens is 353 g/mol. The van der Waals surface area contributed by atoms with Crippen LogP contribution in [0.4, 0.5) is 13.2 Å². The van der Waals surface area contributed by atoms with Gasteiger partial charge in [-0.3, -0.25) is 9.36 Å². The number of hydrogen-bond acceptors (Lipinski definition) is 4. The van der Waals surface area contributed by atoms with E-state index in [0.29, 0.717) is 0 Å². The van der Waals surface area contributed by atoms with Gasteiger partial charge in [-0.2, -0.15) is 13.2 Å². The summed E-state index contributed by atoms with van der Waals surface area (Å²) in [5, 5.41) is 9.29. The molecule has 2 heterocycles. The van der Waals surface area contributed by atoms with Crippen molar-refractivity contribution in [3.63, 3.8) is 0 Å². The molecule has 0 spiro atoms. The van der Waals surface area contributed by atoms with E-state index in [0.717, 1.165) is 28.8 Å². The summed E-state index contributed by atoms with van der Waals surface area (Å²) in [7, 11) is 0. The van der Waals surface area contributed by atoms with Crippen molar-refractivity contribution in [1.29, 1.82) is 0 Å². The molecule has 9 heteroatoms. The summed E-state index contributed by atoms with van der Waals surface area (Å²) in [6, 6.07) is 5.16. The molecule has 0 aliphatic carbocycles. The highest BCUT2D eigenvalue weighted by Crippen LogP contribution is 2.31. The monoisotopic (exact) mass is 364 g/mol. The predicted molar refractivity (Wildman–Crippen MR) is 84.2 cm³/mol. The molecule has 0 bridgehead atoms. The third kappa shape index (κ3) is 2.99. The molecular formula is C17H11F3N2O4. The summed E-state index contributed by atoms with van der Waals surface area (Å²) < 4.78 is 45.0. The molecule has 0 unspecified atom stereocenters. The lowest BCUT2D eigenvalue weighted by Gasteiger charge is -2.15. The van der Waals surface area contributed by atoms with Gasteiger partial charge in [0.05, 0.1) is 17.3 Å². The van der Waals surface area contributed by atoms with E-state index < -0.39 is 28.8 Å². The van der Waals surface area contributed by atoms with Gasteiger partial charge in [0.1, 0.15) is 11.8 Å². The maximum Gasteiger partial charge on any atom is 0.416 e. The number of carbonyl (C=O) groups is 1. The van der Waals surface area contributed by atoms with E-state index in [9.17, 15) is 27.9 Å². The fraction of sp³-hybridized carbons (Fsp3) is 0.118. The highest BCUT2D eigenvalue weighted by molar-refractivity contribution is 5.89. The Kier molecular flexibility index (Phi) is 4.15. The number of pyridine rings is 1. The molecule has 2 aromatic heterocycles. The topological polar surface area (TPSA) is 85.3 Å². The molecule has 0 saturated heterocycles. The van der Waals surface area contributed by atoms with Crippen molar-refractivity contribution < 1.29 is 27.5 Å². The molecule has 0 amide bonds. The fourth-order valence-electron chi connectivity index (χ4n) is 2.56. The van der Waals surface area contributed by atoms with E-state index in [-0.39, 0.29) is 22.8 Å². The van der Waals surface area contributed by atoms with E-state index in [1.165, 1.54) is 25.5 Å². The van der Waals surface area contributed by atoms with Crippen LogP contribution in [0.1, 0.15) is 21.6 Å². The molecule has 0 atom stereocenters. The van der Waals surface area contributed by atoms with Gasteiger partial charge in [-0.25, -0.2) is 9.78 Å². The second kappa shape index (κ2) is 6.17. The number of carboxylic acids is 1. The third-order valence-electron chi connectivity index (χ3n) is 3.77. The van der Waals surface area contributed by atoms with Crippen LogP contribution >= 0.6 is 0 Å². The molecule has 134 valence electrons. The molecule has 6 nitrogen and oxygen atoms in total. The van der Waals surface area contributed by atoms with Crippen LogP contribution in [0.25, 0.3) is 17.1 Å². The molecule has 26 heavy (non-hydrogen) atoms. The summed E-state index contributed by atoms with van der Waals surface area (Å²) in [6.07, 6.45) is -2.02. The lowest BCUT2D eigenvalue weighted by atomic mass is 10.1. The number of benzene rings is 1. The molecule has 1 aromatic carbocycles. The Morgan fingerprint density at radius 1 is 1.27 bits per heavy atom. The molecule has 3 aromatic rings. The third-order valence-corrected chi connectivity index (χ3v) is 3.77. The maximum atomic E-state index is 13.0. The molecule has 0 fully saturated rings.